The molecule has 3 rings (SSSR count). The van der Waals surface area contributed by atoms with Gasteiger partial charge >= 0.3 is 0 Å². The zero-order chi connectivity index (χ0) is 17.0. The summed E-state index contributed by atoms with van der Waals surface area (Å²) in [5.41, 5.74) is 0.939. The lowest BCUT2D eigenvalue weighted by Crippen LogP contribution is -2.22. The number of nitrogens with one attached hydrogen (secondary N) is 1. The first-order chi connectivity index (χ1) is 11.6. The summed E-state index contributed by atoms with van der Waals surface area (Å²) in [6.45, 7) is 0.334. The van der Waals surface area contributed by atoms with Crippen molar-refractivity contribution < 1.29 is 17.6 Å². The van der Waals surface area contributed by atoms with Gasteiger partial charge in [-0.25, -0.2) is 8.42 Å². The highest BCUT2D eigenvalue weighted by Crippen LogP contribution is 2.22. The molecule has 0 unspecified atom stereocenters. The molecule has 0 atom stereocenters. The van der Waals surface area contributed by atoms with E-state index in [1.165, 1.54) is 24.3 Å². The highest BCUT2D eigenvalue weighted by Gasteiger charge is 2.23. The van der Waals surface area contributed by atoms with Crippen molar-refractivity contribution in [1.29, 1.82) is 0 Å². The molecular weight excluding hydrogens is 326 g/mol. The SMILES string of the molecule is O=C(NCc1ccccc1)c1ccc(S(=O)(=O)c2ccccc2)o1. The fraction of sp³-hybridized carbons (Fsp3) is 0.0556. The van der Waals surface area contributed by atoms with Gasteiger partial charge in [-0.2, -0.15) is 0 Å². The summed E-state index contributed by atoms with van der Waals surface area (Å²) in [5, 5.41) is 2.44. The van der Waals surface area contributed by atoms with E-state index in [2.05, 4.69) is 5.32 Å². The summed E-state index contributed by atoms with van der Waals surface area (Å²) < 4.78 is 30.1. The Labute approximate surface area is 139 Å². The number of hydrogen-bond acceptors (Lipinski definition) is 4. The average molecular weight is 341 g/mol. The third-order valence-corrected chi connectivity index (χ3v) is 5.06. The number of carbonyl (C=O) groups excluding carboxylic acids is 1. The first-order valence-electron chi connectivity index (χ1n) is 7.29. The summed E-state index contributed by atoms with van der Waals surface area (Å²) in [5.74, 6) is -0.506. The molecule has 5 nitrogen and oxygen atoms in total. The maximum Gasteiger partial charge on any atom is 0.287 e. The van der Waals surface area contributed by atoms with Crippen LogP contribution >= 0.6 is 0 Å². The van der Waals surface area contributed by atoms with E-state index in [4.69, 9.17) is 4.42 Å². The van der Waals surface area contributed by atoms with Gasteiger partial charge in [0.1, 0.15) is 0 Å². The summed E-state index contributed by atoms with van der Waals surface area (Å²) in [6, 6.07) is 20.0. The molecule has 24 heavy (non-hydrogen) atoms. The lowest BCUT2D eigenvalue weighted by atomic mass is 10.2. The number of rotatable bonds is 5. The Balaban J connectivity index is 1.74. The number of carbonyl (C=O) groups is 1. The molecule has 3 aromatic rings. The van der Waals surface area contributed by atoms with E-state index >= 15 is 0 Å². The van der Waals surface area contributed by atoms with Crippen molar-refractivity contribution in [1.82, 2.24) is 5.32 Å². The molecule has 1 aromatic heterocycles. The first-order valence-corrected chi connectivity index (χ1v) is 8.78. The Kier molecular flexibility index (Phi) is 4.48. The molecule has 2 aromatic carbocycles. The molecule has 0 fully saturated rings. The van der Waals surface area contributed by atoms with Gasteiger partial charge in [-0.15, -0.1) is 0 Å². The van der Waals surface area contributed by atoms with Crippen LogP contribution in [-0.4, -0.2) is 14.3 Å². The van der Waals surface area contributed by atoms with Gasteiger partial charge in [-0.05, 0) is 29.8 Å². The monoisotopic (exact) mass is 341 g/mol. The summed E-state index contributed by atoms with van der Waals surface area (Å²) >= 11 is 0. The summed E-state index contributed by atoms with van der Waals surface area (Å²) in [6.07, 6.45) is 0. The molecule has 122 valence electrons. The Morgan fingerprint density at radius 2 is 1.50 bits per heavy atom. The van der Waals surface area contributed by atoms with Crippen LogP contribution in [0.3, 0.4) is 0 Å². The van der Waals surface area contributed by atoms with E-state index in [-0.39, 0.29) is 15.7 Å². The Bertz CT molecular complexity index is 931. The standard InChI is InChI=1S/C18H15NO4S/c20-18(19-13-14-7-3-1-4-8-14)16-11-12-17(23-16)24(21,22)15-9-5-2-6-10-15/h1-12H,13H2,(H,19,20). The zero-order valence-electron chi connectivity index (χ0n) is 12.7. The summed E-state index contributed by atoms with van der Waals surface area (Å²) in [7, 11) is -3.77. The highest BCUT2D eigenvalue weighted by atomic mass is 32.2. The quantitative estimate of drug-likeness (QED) is 0.774. The third kappa shape index (κ3) is 3.38. The topological polar surface area (TPSA) is 76.4 Å². The van der Waals surface area contributed by atoms with Gasteiger partial charge in [0.05, 0.1) is 4.90 Å². The Hall–Kier alpha value is -2.86. The molecular formula is C18H15NO4S. The van der Waals surface area contributed by atoms with Crippen LogP contribution < -0.4 is 5.32 Å². The lowest BCUT2D eigenvalue weighted by Gasteiger charge is -2.03. The normalized spacial score (nSPS) is 11.2. The maximum absolute atomic E-state index is 12.4. The molecule has 0 spiro atoms. The molecule has 0 bridgehead atoms. The smallest absolute Gasteiger partial charge is 0.287 e. The molecule has 0 radical (unpaired) electrons. The first kappa shape index (κ1) is 16.0. The van der Waals surface area contributed by atoms with Gasteiger partial charge in [0.25, 0.3) is 5.91 Å². The van der Waals surface area contributed by atoms with Crippen molar-refractivity contribution in [2.75, 3.05) is 0 Å². The van der Waals surface area contributed by atoms with Crippen molar-refractivity contribution in [2.24, 2.45) is 0 Å². The van der Waals surface area contributed by atoms with E-state index in [0.29, 0.717) is 6.54 Å². The molecule has 0 saturated heterocycles. The Morgan fingerprint density at radius 3 is 2.17 bits per heavy atom. The zero-order valence-corrected chi connectivity index (χ0v) is 13.5. The van der Waals surface area contributed by atoms with Crippen LogP contribution in [0.25, 0.3) is 0 Å². The lowest BCUT2D eigenvalue weighted by molar-refractivity contribution is 0.0918. The number of amides is 1. The van der Waals surface area contributed by atoms with Gasteiger partial charge in [0, 0.05) is 6.54 Å². The van der Waals surface area contributed by atoms with Crippen molar-refractivity contribution in [3.63, 3.8) is 0 Å². The molecule has 0 aliphatic heterocycles. The van der Waals surface area contributed by atoms with E-state index in [0.717, 1.165) is 5.56 Å². The maximum atomic E-state index is 12.4. The fourth-order valence-corrected chi connectivity index (χ4v) is 3.36. The van der Waals surface area contributed by atoms with Crippen molar-refractivity contribution in [2.45, 2.75) is 16.5 Å². The van der Waals surface area contributed by atoms with Gasteiger partial charge < -0.3 is 9.73 Å². The van der Waals surface area contributed by atoms with Crippen LogP contribution in [0.2, 0.25) is 0 Å². The average Bonchev–Trinajstić information content (AvgIpc) is 3.12. The van der Waals surface area contributed by atoms with Crippen molar-refractivity contribution in [3.05, 3.63) is 84.1 Å². The van der Waals surface area contributed by atoms with E-state index < -0.39 is 15.7 Å². The predicted molar refractivity (Wildman–Crippen MR) is 88.2 cm³/mol. The Morgan fingerprint density at radius 1 is 0.875 bits per heavy atom. The molecule has 6 heteroatoms. The number of sulfone groups is 1. The van der Waals surface area contributed by atoms with Gasteiger partial charge in [-0.1, -0.05) is 48.5 Å². The van der Waals surface area contributed by atoms with Crippen molar-refractivity contribution in [3.8, 4) is 0 Å². The van der Waals surface area contributed by atoms with E-state index in [1.807, 2.05) is 30.3 Å². The second kappa shape index (κ2) is 6.72. The van der Waals surface area contributed by atoms with Crippen LogP contribution in [-0.2, 0) is 16.4 Å². The minimum absolute atomic E-state index is 0.0413. The van der Waals surface area contributed by atoms with Crippen molar-refractivity contribution >= 4 is 15.7 Å². The van der Waals surface area contributed by atoms with Gasteiger partial charge in [0.15, 0.2) is 5.76 Å². The predicted octanol–water partition coefficient (Wildman–Crippen LogP) is 3.04. The largest absolute Gasteiger partial charge is 0.439 e. The highest BCUT2D eigenvalue weighted by molar-refractivity contribution is 7.91. The number of hydrogen-bond donors (Lipinski definition) is 1. The van der Waals surface area contributed by atoms with Crippen LogP contribution in [0.5, 0.6) is 0 Å². The van der Waals surface area contributed by atoms with E-state index in [1.54, 1.807) is 18.2 Å². The van der Waals surface area contributed by atoms with Crippen LogP contribution in [0.15, 0.2) is 87.2 Å². The number of furan rings is 1. The molecule has 1 amide bonds. The van der Waals surface area contributed by atoms with Gasteiger partial charge in [-0.3, -0.25) is 4.79 Å². The minimum atomic E-state index is -3.77. The second-order valence-electron chi connectivity index (χ2n) is 5.10. The van der Waals surface area contributed by atoms with Crippen LogP contribution in [0, 0.1) is 0 Å². The van der Waals surface area contributed by atoms with Crippen LogP contribution in [0.1, 0.15) is 16.1 Å². The van der Waals surface area contributed by atoms with E-state index in [9.17, 15) is 13.2 Å². The third-order valence-electron chi connectivity index (χ3n) is 3.42. The van der Waals surface area contributed by atoms with Crippen LogP contribution in [0.4, 0.5) is 0 Å². The molecule has 1 N–H and O–H groups in total. The second-order valence-corrected chi connectivity index (χ2v) is 6.98. The molecule has 0 aliphatic rings. The fourth-order valence-electron chi connectivity index (χ4n) is 2.17. The van der Waals surface area contributed by atoms with Gasteiger partial charge in [0.2, 0.25) is 14.9 Å². The summed E-state index contributed by atoms with van der Waals surface area (Å²) in [4.78, 5) is 12.2. The number of benzene rings is 2. The molecule has 1 heterocycles. The molecule has 0 aliphatic carbocycles. The minimum Gasteiger partial charge on any atom is -0.439 e. The molecule has 0 saturated carbocycles.